The molecule has 1 N–H and O–H groups in total. The third kappa shape index (κ3) is 2.06. The van der Waals surface area contributed by atoms with Crippen molar-refractivity contribution >= 4 is 11.6 Å². The van der Waals surface area contributed by atoms with Gasteiger partial charge >= 0.3 is 0 Å². The van der Waals surface area contributed by atoms with Crippen LogP contribution in [-0.4, -0.2) is 23.9 Å². The SMILES string of the molecule is CCc1c(CC2(O)CC2)cc(Cl)c2c1OCCO2. The van der Waals surface area contributed by atoms with Crippen LogP contribution in [0.4, 0.5) is 0 Å². The molecule has 0 saturated heterocycles. The summed E-state index contributed by atoms with van der Waals surface area (Å²) in [6.07, 6.45) is 3.27. The summed E-state index contributed by atoms with van der Waals surface area (Å²) in [5, 5.41) is 10.7. The monoisotopic (exact) mass is 268 g/mol. The van der Waals surface area contributed by atoms with E-state index < -0.39 is 5.60 Å². The van der Waals surface area contributed by atoms with E-state index in [1.807, 2.05) is 6.07 Å². The third-order valence-electron chi connectivity index (χ3n) is 3.66. The van der Waals surface area contributed by atoms with E-state index in [0.717, 1.165) is 36.1 Å². The molecule has 0 aromatic heterocycles. The van der Waals surface area contributed by atoms with Gasteiger partial charge in [-0.1, -0.05) is 18.5 Å². The van der Waals surface area contributed by atoms with Crippen molar-refractivity contribution in [3.8, 4) is 11.5 Å². The number of fused-ring (bicyclic) bond motifs is 1. The second-order valence-electron chi connectivity index (χ2n) is 5.11. The molecular formula is C14H17ClO3. The van der Waals surface area contributed by atoms with Gasteiger partial charge in [-0.3, -0.25) is 0 Å². The lowest BCUT2D eigenvalue weighted by Gasteiger charge is -2.24. The number of aliphatic hydroxyl groups is 1. The van der Waals surface area contributed by atoms with Crippen molar-refractivity contribution in [3.63, 3.8) is 0 Å². The molecule has 0 spiro atoms. The molecule has 0 amide bonds. The van der Waals surface area contributed by atoms with Gasteiger partial charge in [0.25, 0.3) is 0 Å². The van der Waals surface area contributed by atoms with Gasteiger partial charge in [-0.05, 0) is 30.9 Å². The van der Waals surface area contributed by atoms with Crippen molar-refractivity contribution in [1.82, 2.24) is 0 Å². The van der Waals surface area contributed by atoms with Gasteiger partial charge in [0.2, 0.25) is 0 Å². The summed E-state index contributed by atoms with van der Waals surface area (Å²) < 4.78 is 11.3. The molecule has 1 heterocycles. The summed E-state index contributed by atoms with van der Waals surface area (Å²) in [6.45, 7) is 3.19. The van der Waals surface area contributed by atoms with Crippen molar-refractivity contribution in [1.29, 1.82) is 0 Å². The minimum atomic E-state index is -0.517. The van der Waals surface area contributed by atoms with Crippen LogP contribution < -0.4 is 9.47 Å². The fourth-order valence-corrected chi connectivity index (χ4v) is 2.76. The molecule has 98 valence electrons. The van der Waals surface area contributed by atoms with E-state index in [0.29, 0.717) is 30.4 Å². The smallest absolute Gasteiger partial charge is 0.180 e. The van der Waals surface area contributed by atoms with Gasteiger partial charge in [-0.15, -0.1) is 0 Å². The Kier molecular flexibility index (Phi) is 2.91. The third-order valence-corrected chi connectivity index (χ3v) is 3.94. The molecule has 1 aromatic carbocycles. The van der Waals surface area contributed by atoms with Gasteiger partial charge in [0, 0.05) is 12.0 Å². The standard InChI is InChI=1S/C14H17ClO3/c1-2-10-9(8-14(16)3-4-14)7-11(15)13-12(10)17-5-6-18-13/h7,16H,2-6,8H2,1H3. The zero-order valence-corrected chi connectivity index (χ0v) is 11.2. The van der Waals surface area contributed by atoms with Crippen LogP contribution in [0.2, 0.25) is 5.02 Å². The second kappa shape index (κ2) is 4.32. The summed E-state index contributed by atoms with van der Waals surface area (Å²) in [5.41, 5.74) is 1.69. The van der Waals surface area contributed by atoms with E-state index in [2.05, 4.69) is 6.92 Å². The lowest BCUT2D eigenvalue weighted by molar-refractivity contribution is 0.149. The van der Waals surface area contributed by atoms with Crippen molar-refractivity contribution in [2.75, 3.05) is 13.2 Å². The normalized spacial score (nSPS) is 19.7. The molecule has 1 aromatic rings. The van der Waals surface area contributed by atoms with Gasteiger partial charge in [0.1, 0.15) is 13.2 Å². The molecule has 0 unspecified atom stereocenters. The average molecular weight is 269 g/mol. The summed E-state index contributed by atoms with van der Waals surface area (Å²) in [5.74, 6) is 1.43. The molecule has 3 rings (SSSR count). The molecule has 0 atom stereocenters. The number of hydrogen-bond acceptors (Lipinski definition) is 3. The minimum absolute atomic E-state index is 0.517. The maximum absolute atomic E-state index is 10.1. The van der Waals surface area contributed by atoms with Crippen LogP contribution in [-0.2, 0) is 12.8 Å². The first-order valence-electron chi connectivity index (χ1n) is 6.45. The van der Waals surface area contributed by atoms with Gasteiger partial charge in [0.05, 0.1) is 10.6 Å². The Hall–Kier alpha value is -0.930. The fourth-order valence-electron chi connectivity index (χ4n) is 2.49. The van der Waals surface area contributed by atoms with Crippen molar-refractivity contribution < 1.29 is 14.6 Å². The van der Waals surface area contributed by atoms with Crippen LogP contribution >= 0.6 is 11.6 Å². The topological polar surface area (TPSA) is 38.7 Å². The van der Waals surface area contributed by atoms with Crippen LogP contribution in [0.1, 0.15) is 30.9 Å². The van der Waals surface area contributed by atoms with E-state index >= 15 is 0 Å². The summed E-state index contributed by atoms with van der Waals surface area (Å²) >= 11 is 6.24. The van der Waals surface area contributed by atoms with Crippen molar-refractivity contribution in [2.45, 2.75) is 38.2 Å². The molecule has 2 aliphatic rings. The van der Waals surface area contributed by atoms with Crippen LogP contribution in [0.5, 0.6) is 11.5 Å². The number of rotatable bonds is 3. The van der Waals surface area contributed by atoms with Gasteiger partial charge in [0.15, 0.2) is 11.5 Å². The predicted molar refractivity (Wildman–Crippen MR) is 69.7 cm³/mol. The van der Waals surface area contributed by atoms with Crippen LogP contribution in [0, 0.1) is 0 Å². The maximum Gasteiger partial charge on any atom is 0.180 e. The van der Waals surface area contributed by atoms with Crippen molar-refractivity contribution in [3.05, 3.63) is 22.2 Å². The van der Waals surface area contributed by atoms with Crippen LogP contribution in [0.3, 0.4) is 0 Å². The molecule has 1 aliphatic carbocycles. The van der Waals surface area contributed by atoms with E-state index in [1.165, 1.54) is 0 Å². The molecule has 18 heavy (non-hydrogen) atoms. The highest BCUT2D eigenvalue weighted by Gasteiger charge is 2.41. The second-order valence-corrected chi connectivity index (χ2v) is 5.51. The van der Waals surface area contributed by atoms with E-state index in [-0.39, 0.29) is 0 Å². The largest absolute Gasteiger partial charge is 0.486 e. The molecule has 1 saturated carbocycles. The van der Waals surface area contributed by atoms with E-state index in [4.69, 9.17) is 21.1 Å². The summed E-state index contributed by atoms with van der Waals surface area (Å²) in [6, 6.07) is 1.92. The number of ether oxygens (including phenoxy) is 2. The summed E-state index contributed by atoms with van der Waals surface area (Å²) in [4.78, 5) is 0. The first kappa shape index (κ1) is 12.1. The number of benzene rings is 1. The Bertz CT molecular complexity index is 480. The predicted octanol–water partition coefficient (Wildman–Crippen LogP) is 2.74. The lowest BCUT2D eigenvalue weighted by Crippen LogP contribution is -2.19. The first-order valence-corrected chi connectivity index (χ1v) is 6.83. The molecule has 1 aliphatic heterocycles. The van der Waals surface area contributed by atoms with Gasteiger partial charge < -0.3 is 14.6 Å². The van der Waals surface area contributed by atoms with Gasteiger partial charge in [-0.2, -0.15) is 0 Å². The Morgan fingerprint density at radius 1 is 1.28 bits per heavy atom. The van der Waals surface area contributed by atoms with Crippen molar-refractivity contribution in [2.24, 2.45) is 0 Å². The Morgan fingerprint density at radius 3 is 2.56 bits per heavy atom. The van der Waals surface area contributed by atoms with E-state index in [1.54, 1.807) is 0 Å². The fraction of sp³-hybridized carbons (Fsp3) is 0.571. The highest BCUT2D eigenvalue weighted by molar-refractivity contribution is 6.32. The quantitative estimate of drug-likeness (QED) is 0.916. The summed E-state index contributed by atoms with van der Waals surface area (Å²) in [7, 11) is 0. The minimum Gasteiger partial charge on any atom is -0.486 e. The lowest BCUT2D eigenvalue weighted by atomic mass is 9.97. The van der Waals surface area contributed by atoms with Crippen LogP contribution in [0.25, 0.3) is 0 Å². The Morgan fingerprint density at radius 2 is 1.94 bits per heavy atom. The van der Waals surface area contributed by atoms with Crippen LogP contribution in [0.15, 0.2) is 6.07 Å². The molecule has 0 radical (unpaired) electrons. The Labute approximate surface area is 112 Å². The molecular weight excluding hydrogens is 252 g/mol. The number of hydrogen-bond donors (Lipinski definition) is 1. The number of halogens is 1. The zero-order valence-electron chi connectivity index (χ0n) is 10.5. The zero-order chi connectivity index (χ0) is 12.8. The first-order chi connectivity index (χ1) is 8.63. The van der Waals surface area contributed by atoms with Gasteiger partial charge in [-0.25, -0.2) is 0 Å². The Balaban J connectivity index is 2.05. The molecule has 1 fully saturated rings. The van der Waals surface area contributed by atoms with E-state index in [9.17, 15) is 5.11 Å². The molecule has 4 heteroatoms. The molecule has 3 nitrogen and oxygen atoms in total. The highest BCUT2D eigenvalue weighted by atomic mass is 35.5. The average Bonchev–Trinajstić information content (AvgIpc) is 3.07. The molecule has 0 bridgehead atoms. The maximum atomic E-state index is 10.1. The highest BCUT2D eigenvalue weighted by Crippen LogP contribution is 2.45.